The molecule has 10 heavy (non-hydrogen) atoms. The molecule has 0 aliphatic carbocycles. The van der Waals surface area contributed by atoms with Crippen molar-refractivity contribution in [3.05, 3.63) is 22.2 Å². The number of hydrogen-bond acceptors (Lipinski definition) is 3. The summed E-state index contributed by atoms with van der Waals surface area (Å²) in [5, 5.41) is 0.879. The summed E-state index contributed by atoms with van der Waals surface area (Å²) >= 11 is 1.57. The van der Waals surface area contributed by atoms with Gasteiger partial charge in [0.05, 0.1) is 0 Å². The van der Waals surface area contributed by atoms with E-state index < -0.39 is 0 Å². The minimum atomic E-state index is 0.747. The van der Waals surface area contributed by atoms with Gasteiger partial charge >= 0.3 is 0 Å². The van der Waals surface area contributed by atoms with E-state index in [0.29, 0.717) is 0 Å². The Morgan fingerprint density at radius 2 is 2.50 bits per heavy atom. The van der Waals surface area contributed by atoms with Crippen molar-refractivity contribution in [3.8, 4) is 0 Å². The van der Waals surface area contributed by atoms with Crippen LogP contribution in [0.15, 0.2) is 12.3 Å². The van der Waals surface area contributed by atoms with Crippen LogP contribution >= 0.6 is 11.3 Å². The topological polar surface area (TPSA) is 30.0 Å². The van der Waals surface area contributed by atoms with Crippen LogP contribution in [0.4, 0.5) is 0 Å². The van der Waals surface area contributed by atoms with Gasteiger partial charge in [-0.2, -0.15) is 0 Å². The number of hydrogen-bond donors (Lipinski definition) is 0. The van der Waals surface area contributed by atoms with Gasteiger partial charge in [0.2, 0.25) is 0 Å². The lowest BCUT2D eigenvalue weighted by Gasteiger charge is -1.75. The molecule has 0 bridgehead atoms. The van der Waals surface area contributed by atoms with Crippen LogP contribution in [0.3, 0.4) is 0 Å². The Morgan fingerprint density at radius 1 is 1.70 bits per heavy atom. The molecule has 1 heterocycles. The predicted octanol–water partition coefficient (Wildman–Crippen LogP) is 1.66. The molecule has 0 saturated carbocycles. The molecule has 0 saturated heterocycles. The highest BCUT2D eigenvalue weighted by molar-refractivity contribution is 7.12. The average Bonchev–Trinajstić information content (AvgIpc) is 2.31. The second-order valence-corrected chi connectivity index (χ2v) is 3.07. The van der Waals surface area contributed by atoms with Crippen molar-refractivity contribution in [1.82, 2.24) is 4.98 Å². The van der Waals surface area contributed by atoms with Gasteiger partial charge in [0, 0.05) is 11.1 Å². The van der Waals surface area contributed by atoms with E-state index in [2.05, 4.69) is 4.98 Å². The average molecular weight is 153 g/mol. The quantitative estimate of drug-likeness (QED) is 0.477. The Kier molecular flexibility index (Phi) is 2.34. The van der Waals surface area contributed by atoms with Crippen LogP contribution in [-0.4, -0.2) is 11.3 Å². The number of rotatable bonds is 2. The summed E-state index contributed by atoms with van der Waals surface area (Å²) in [5.41, 5.74) is 0. The molecule has 3 heteroatoms. The number of aldehydes is 1. The number of aromatic nitrogens is 1. The van der Waals surface area contributed by atoms with Gasteiger partial charge in [-0.05, 0) is 19.1 Å². The van der Waals surface area contributed by atoms with Crippen LogP contribution in [0.1, 0.15) is 9.88 Å². The third kappa shape index (κ3) is 1.77. The van der Waals surface area contributed by atoms with Crippen molar-refractivity contribution in [2.75, 3.05) is 0 Å². The molecular formula is C7H7NOS. The number of allylic oxidation sites excluding steroid dienone is 1. The predicted molar refractivity (Wildman–Crippen MR) is 41.9 cm³/mol. The van der Waals surface area contributed by atoms with Crippen LogP contribution < -0.4 is 0 Å². The van der Waals surface area contributed by atoms with Gasteiger partial charge in [-0.1, -0.05) is 0 Å². The Bertz CT molecular complexity index is 252. The van der Waals surface area contributed by atoms with E-state index >= 15 is 0 Å². The van der Waals surface area contributed by atoms with Crippen molar-refractivity contribution >= 4 is 23.7 Å². The zero-order chi connectivity index (χ0) is 7.40. The summed E-state index contributed by atoms with van der Waals surface area (Å²) in [6.07, 6.45) is 5.68. The van der Waals surface area contributed by atoms with Crippen molar-refractivity contribution in [2.24, 2.45) is 0 Å². The fraction of sp³-hybridized carbons (Fsp3) is 0.143. The normalized spacial score (nSPS) is 10.5. The van der Waals surface area contributed by atoms with Crippen molar-refractivity contribution in [3.63, 3.8) is 0 Å². The monoisotopic (exact) mass is 153 g/mol. The molecule has 0 aromatic carbocycles. The number of aryl methyl sites for hydroxylation is 1. The maximum Gasteiger partial charge on any atom is 0.142 e. The maximum atomic E-state index is 9.88. The molecule has 0 spiro atoms. The molecule has 0 aliphatic rings. The third-order valence-corrected chi connectivity index (χ3v) is 1.83. The Hall–Kier alpha value is -0.960. The van der Waals surface area contributed by atoms with Crippen LogP contribution in [0.25, 0.3) is 6.08 Å². The van der Waals surface area contributed by atoms with Crippen molar-refractivity contribution in [2.45, 2.75) is 6.92 Å². The third-order valence-electron chi connectivity index (χ3n) is 0.957. The molecule has 0 unspecified atom stereocenters. The molecule has 0 amide bonds. The van der Waals surface area contributed by atoms with E-state index in [1.54, 1.807) is 23.6 Å². The lowest BCUT2D eigenvalue weighted by atomic mass is 10.5. The summed E-state index contributed by atoms with van der Waals surface area (Å²) in [6.45, 7) is 1.98. The van der Waals surface area contributed by atoms with E-state index in [4.69, 9.17) is 0 Å². The van der Waals surface area contributed by atoms with Gasteiger partial charge in [-0.15, -0.1) is 11.3 Å². The van der Waals surface area contributed by atoms with Gasteiger partial charge in [0.15, 0.2) is 0 Å². The SMILES string of the molecule is Cc1cnc(/C=C/C=O)s1. The van der Waals surface area contributed by atoms with Gasteiger partial charge < -0.3 is 0 Å². The van der Waals surface area contributed by atoms with E-state index in [-0.39, 0.29) is 0 Å². The number of nitrogens with zero attached hydrogens (tertiary/aromatic N) is 1. The number of thiazole rings is 1. The Morgan fingerprint density at radius 3 is 3.00 bits per heavy atom. The molecule has 0 aliphatic heterocycles. The Balaban J connectivity index is 2.75. The van der Waals surface area contributed by atoms with Crippen LogP contribution in [0, 0.1) is 6.92 Å². The fourth-order valence-corrected chi connectivity index (χ4v) is 1.26. The van der Waals surface area contributed by atoms with E-state index in [1.165, 1.54) is 6.08 Å². The highest BCUT2D eigenvalue weighted by Gasteiger charge is 1.90. The summed E-state index contributed by atoms with van der Waals surface area (Å²) in [4.78, 5) is 15.1. The summed E-state index contributed by atoms with van der Waals surface area (Å²) in [6, 6.07) is 0. The summed E-state index contributed by atoms with van der Waals surface area (Å²) in [5.74, 6) is 0. The van der Waals surface area contributed by atoms with E-state index in [1.807, 2.05) is 6.92 Å². The molecule has 0 atom stereocenters. The summed E-state index contributed by atoms with van der Waals surface area (Å²) < 4.78 is 0. The van der Waals surface area contributed by atoms with Gasteiger partial charge in [-0.3, -0.25) is 4.79 Å². The molecular weight excluding hydrogens is 146 g/mol. The van der Waals surface area contributed by atoms with Crippen molar-refractivity contribution < 1.29 is 4.79 Å². The first-order chi connectivity index (χ1) is 4.83. The molecule has 0 N–H and O–H groups in total. The highest BCUT2D eigenvalue weighted by Crippen LogP contribution is 2.11. The molecule has 2 nitrogen and oxygen atoms in total. The standard InChI is InChI=1S/C7H7NOS/c1-6-5-8-7(10-6)3-2-4-9/h2-5H,1H3/b3-2+. The minimum absolute atomic E-state index is 0.747. The molecule has 1 aromatic heterocycles. The second kappa shape index (κ2) is 3.27. The minimum Gasteiger partial charge on any atom is -0.299 e. The van der Waals surface area contributed by atoms with E-state index in [9.17, 15) is 4.79 Å². The second-order valence-electron chi connectivity index (χ2n) is 1.80. The van der Waals surface area contributed by atoms with Gasteiger partial charge in [0.1, 0.15) is 11.3 Å². The zero-order valence-electron chi connectivity index (χ0n) is 5.57. The zero-order valence-corrected chi connectivity index (χ0v) is 6.39. The lowest BCUT2D eigenvalue weighted by molar-refractivity contribution is -0.104. The largest absolute Gasteiger partial charge is 0.299 e. The van der Waals surface area contributed by atoms with Crippen LogP contribution in [-0.2, 0) is 4.79 Å². The Labute approximate surface area is 63.2 Å². The lowest BCUT2D eigenvalue weighted by Crippen LogP contribution is -1.64. The maximum absolute atomic E-state index is 9.88. The number of carbonyl (C=O) groups excluding carboxylic acids is 1. The van der Waals surface area contributed by atoms with Crippen molar-refractivity contribution in [1.29, 1.82) is 0 Å². The van der Waals surface area contributed by atoms with Crippen LogP contribution in [0.2, 0.25) is 0 Å². The first-order valence-electron chi connectivity index (χ1n) is 2.87. The number of carbonyl (C=O) groups is 1. The first kappa shape index (κ1) is 7.15. The van der Waals surface area contributed by atoms with Crippen LogP contribution in [0.5, 0.6) is 0 Å². The molecule has 1 aromatic rings. The van der Waals surface area contributed by atoms with Gasteiger partial charge in [0.25, 0.3) is 0 Å². The molecule has 0 fully saturated rings. The van der Waals surface area contributed by atoms with Gasteiger partial charge in [-0.25, -0.2) is 4.98 Å². The highest BCUT2D eigenvalue weighted by atomic mass is 32.1. The first-order valence-corrected chi connectivity index (χ1v) is 3.69. The van der Waals surface area contributed by atoms with E-state index in [0.717, 1.165) is 16.2 Å². The smallest absolute Gasteiger partial charge is 0.142 e. The molecule has 0 radical (unpaired) electrons. The fourth-order valence-electron chi connectivity index (χ4n) is 0.571. The summed E-state index contributed by atoms with van der Waals surface area (Å²) in [7, 11) is 0. The molecule has 1 rings (SSSR count). The molecule has 52 valence electrons.